The van der Waals surface area contributed by atoms with Crippen LogP contribution in [0, 0.1) is 5.92 Å². The van der Waals surface area contributed by atoms with Gasteiger partial charge in [0.15, 0.2) is 5.82 Å². The van der Waals surface area contributed by atoms with Crippen molar-refractivity contribution in [2.75, 3.05) is 5.43 Å². The van der Waals surface area contributed by atoms with Crippen molar-refractivity contribution in [1.29, 1.82) is 0 Å². The standard InChI is InChI=1S/C11H14N4S/c1-6-2-3-7-8(4-6)16-11-9(7)10(15-12)13-5-14-11/h5-6H,2-4,12H2,1H3,(H,13,14,15). The van der Waals surface area contributed by atoms with E-state index in [9.17, 15) is 0 Å². The van der Waals surface area contributed by atoms with E-state index in [0.717, 1.165) is 28.4 Å². The molecule has 1 aliphatic rings. The predicted octanol–water partition coefficient (Wildman–Crippen LogP) is 2.10. The average molecular weight is 234 g/mol. The van der Waals surface area contributed by atoms with Gasteiger partial charge in [0.1, 0.15) is 11.2 Å². The van der Waals surface area contributed by atoms with Crippen LogP contribution in [0.1, 0.15) is 23.8 Å². The summed E-state index contributed by atoms with van der Waals surface area (Å²) in [6.07, 6.45) is 5.11. The molecule has 3 N–H and O–H groups in total. The molecule has 4 nitrogen and oxygen atoms in total. The Morgan fingerprint density at radius 1 is 1.50 bits per heavy atom. The van der Waals surface area contributed by atoms with Crippen LogP contribution in [-0.4, -0.2) is 9.97 Å². The molecule has 1 atom stereocenters. The first-order valence-electron chi connectivity index (χ1n) is 5.51. The van der Waals surface area contributed by atoms with Crippen molar-refractivity contribution in [3.63, 3.8) is 0 Å². The first-order valence-corrected chi connectivity index (χ1v) is 6.33. The van der Waals surface area contributed by atoms with Gasteiger partial charge in [-0.2, -0.15) is 0 Å². The number of nitrogens with two attached hydrogens (primary N) is 1. The van der Waals surface area contributed by atoms with E-state index >= 15 is 0 Å². The van der Waals surface area contributed by atoms with E-state index in [2.05, 4.69) is 22.3 Å². The van der Waals surface area contributed by atoms with Crippen LogP contribution < -0.4 is 11.3 Å². The molecule has 84 valence electrons. The number of fused-ring (bicyclic) bond motifs is 3. The van der Waals surface area contributed by atoms with E-state index in [-0.39, 0.29) is 0 Å². The Kier molecular flexibility index (Phi) is 2.29. The van der Waals surface area contributed by atoms with Crippen LogP contribution in [0.5, 0.6) is 0 Å². The predicted molar refractivity (Wildman–Crippen MR) is 66.4 cm³/mol. The van der Waals surface area contributed by atoms with Gasteiger partial charge in [-0.25, -0.2) is 15.8 Å². The molecular weight excluding hydrogens is 220 g/mol. The van der Waals surface area contributed by atoms with E-state index in [1.807, 2.05) is 0 Å². The minimum absolute atomic E-state index is 0.761. The maximum absolute atomic E-state index is 5.50. The number of anilines is 1. The van der Waals surface area contributed by atoms with Gasteiger partial charge in [0.2, 0.25) is 0 Å². The highest BCUT2D eigenvalue weighted by atomic mass is 32.1. The number of nitrogen functional groups attached to an aromatic ring is 1. The van der Waals surface area contributed by atoms with Crippen LogP contribution in [0.25, 0.3) is 10.2 Å². The third-order valence-corrected chi connectivity index (χ3v) is 4.39. The third-order valence-electron chi connectivity index (χ3n) is 3.23. The van der Waals surface area contributed by atoms with E-state index in [4.69, 9.17) is 5.84 Å². The minimum atomic E-state index is 0.761. The zero-order valence-electron chi connectivity index (χ0n) is 9.16. The highest BCUT2D eigenvalue weighted by molar-refractivity contribution is 7.19. The summed E-state index contributed by atoms with van der Waals surface area (Å²) in [7, 11) is 0. The average Bonchev–Trinajstić information content (AvgIpc) is 2.65. The summed E-state index contributed by atoms with van der Waals surface area (Å²) in [6, 6.07) is 0. The zero-order valence-corrected chi connectivity index (χ0v) is 9.97. The number of rotatable bonds is 1. The van der Waals surface area contributed by atoms with Crippen molar-refractivity contribution >= 4 is 27.4 Å². The number of hydrazine groups is 1. The Morgan fingerprint density at radius 3 is 3.19 bits per heavy atom. The summed E-state index contributed by atoms with van der Waals surface area (Å²) in [5, 5.41) is 1.14. The molecule has 0 saturated heterocycles. The lowest BCUT2D eigenvalue weighted by Gasteiger charge is -2.17. The molecule has 1 aliphatic carbocycles. The first-order chi connectivity index (χ1) is 7.79. The fourth-order valence-electron chi connectivity index (χ4n) is 2.38. The zero-order chi connectivity index (χ0) is 11.1. The first kappa shape index (κ1) is 9.99. The van der Waals surface area contributed by atoms with E-state index in [0.29, 0.717) is 0 Å². The Labute approximate surface area is 97.9 Å². The number of nitrogens with one attached hydrogen (secondary N) is 1. The number of nitrogens with zero attached hydrogens (tertiary/aromatic N) is 2. The molecule has 0 radical (unpaired) electrons. The fourth-order valence-corrected chi connectivity index (χ4v) is 3.73. The van der Waals surface area contributed by atoms with Crippen molar-refractivity contribution in [3.05, 3.63) is 16.8 Å². The Morgan fingerprint density at radius 2 is 2.38 bits per heavy atom. The molecule has 0 spiro atoms. The van der Waals surface area contributed by atoms with Gasteiger partial charge in [-0.1, -0.05) is 6.92 Å². The summed E-state index contributed by atoms with van der Waals surface area (Å²) in [6.45, 7) is 2.31. The van der Waals surface area contributed by atoms with Crippen molar-refractivity contribution in [3.8, 4) is 0 Å². The summed E-state index contributed by atoms with van der Waals surface area (Å²) in [4.78, 5) is 11.0. The molecule has 3 rings (SSSR count). The van der Waals surface area contributed by atoms with Gasteiger partial charge in [0.05, 0.1) is 5.39 Å². The van der Waals surface area contributed by atoms with Gasteiger partial charge in [0.25, 0.3) is 0 Å². The number of hydrogen-bond donors (Lipinski definition) is 2. The number of aromatic nitrogens is 2. The van der Waals surface area contributed by atoms with Crippen LogP contribution in [0.4, 0.5) is 5.82 Å². The maximum atomic E-state index is 5.50. The molecular formula is C11H14N4S. The van der Waals surface area contributed by atoms with Crippen LogP contribution >= 0.6 is 11.3 Å². The van der Waals surface area contributed by atoms with Crippen LogP contribution in [0.3, 0.4) is 0 Å². The molecule has 0 amide bonds. The second-order valence-electron chi connectivity index (χ2n) is 4.40. The number of aryl methyl sites for hydroxylation is 1. The van der Waals surface area contributed by atoms with Crippen LogP contribution in [-0.2, 0) is 12.8 Å². The summed E-state index contributed by atoms with van der Waals surface area (Å²) >= 11 is 1.79. The van der Waals surface area contributed by atoms with Crippen LogP contribution in [0.15, 0.2) is 6.33 Å². The molecule has 1 unspecified atom stereocenters. The molecule has 2 aromatic rings. The molecule has 0 saturated carbocycles. The molecule has 0 aromatic carbocycles. The quantitative estimate of drug-likeness (QED) is 0.586. The molecule has 2 heterocycles. The summed E-state index contributed by atoms with van der Waals surface area (Å²) in [5.74, 6) is 7.04. The molecule has 16 heavy (non-hydrogen) atoms. The number of hydrogen-bond acceptors (Lipinski definition) is 5. The molecule has 0 bridgehead atoms. The van der Waals surface area contributed by atoms with Crippen molar-refractivity contribution in [2.24, 2.45) is 11.8 Å². The van der Waals surface area contributed by atoms with Crippen molar-refractivity contribution in [2.45, 2.75) is 26.2 Å². The summed E-state index contributed by atoms with van der Waals surface area (Å²) < 4.78 is 0. The number of thiophene rings is 1. The fraction of sp³-hybridized carbons (Fsp3) is 0.455. The SMILES string of the molecule is CC1CCc2c(sc3ncnc(NN)c23)C1. The highest BCUT2D eigenvalue weighted by Gasteiger charge is 2.22. The monoisotopic (exact) mass is 234 g/mol. The third kappa shape index (κ3) is 1.39. The van der Waals surface area contributed by atoms with Crippen molar-refractivity contribution < 1.29 is 0 Å². The lowest BCUT2D eigenvalue weighted by atomic mass is 9.89. The van der Waals surface area contributed by atoms with E-state index in [1.54, 1.807) is 17.7 Å². The maximum Gasteiger partial charge on any atom is 0.152 e. The minimum Gasteiger partial charge on any atom is -0.308 e. The van der Waals surface area contributed by atoms with Gasteiger partial charge in [-0.15, -0.1) is 11.3 Å². The second-order valence-corrected chi connectivity index (χ2v) is 5.48. The molecule has 5 heteroatoms. The van der Waals surface area contributed by atoms with Gasteiger partial charge >= 0.3 is 0 Å². The molecule has 2 aromatic heterocycles. The molecule has 0 aliphatic heterocycles. The van der Waals surface area contributed by atoms with Crippen LogP contribution in [0.2, 0.25) is 0 Å². The Bertz CT molecular complexity index is 534. The Balaban J connectivity index is 2.26. The van der Waals surface area contributed by atoms with Gasteiger partial charge in [0, 0.05) is 4.88 Å². The second kappa shape index (κ2) is 3.68. The smallest absolute Gasteiger partial charge is 0.152 e. The van der Waals surface area contributed by atoms with Gasteiger partial charge < -0.3 is 5.43 Å². The Hall–Kier alpha value is -1.20. The van der Waals surface area contributed by atoms with Gasteiger partial charge in [-0.3, -0.25) is 0 Å². The van der Waals surface area contributed by atoms with E-state index in [1.165, 1.54) is 23.3 Å². The van der Waals surface area contributed by atoms with E-state index < -0.39 is 0 Å². The topological polar surface area (TPSA) is 63.8 Å². The molecule has 0 fully saturated rings. The lowest BCUT2D eigenvalue weighted by Crippen LogP contribution is -2.11. The summed E-state index contributed by atoms with van der Waals surface area (Å²) in [5.41, 5.74) is 4.08. The van der Waals surface area contributed by atoms with Gasteiger partial charge in [-0.05, 0) is 30.7 Å². The largest absolute Gasteiger partial charge is 0.308 e. The highest BCUT2D eigenvalue weighted by Crippen LogP contribution is 2.39. The van der Waals surface area contributed by atoms with Crippen molar-refractivity contribution in [1.82, 2.24) is 9.97 Å². The lowest BCUT2D eigenvalue weighted by molar-refractivity contribution is 0.509. The normalized spacial score (nSPS) is 19.8.